The summed E-state index contributed by atoms with van der Waals surface area (Å²) in [6.07, 6.45) is 1.92. The predicted octanol–water partition coefficient (Wildman–Crippen LogP) is 1.32. The third-order valence-corrected chi connectivity index (χ3v) is 6.83. The van der Waals surface area contributed by atoms with E-state index in [1.54, 1.807) is 15.7 Å². The highest BCUT2D eigenvalue weighted by molar-refractivity contribution is 7.86. The Bertz CT molecular complexity index is 644. The normalized spacial score (nSPS) is 24.9. The summed E-state index contributed by atoms with van der Waals surface area (Å²) in [4.78, 5) is 2.20. The molecular formula is C16H25N3O3S. The zero-order chi connectivity index (χ0) is 16.4. The SMILES string of the molecule is COc1ccccc1[C@H]1CN(S(=O)(=O)N2CCCC2)CCN1C. The van der Waals surface area contributed by atoms with Crippen molar-refractivity contribution in [2.75, 3.05) is 46.9 Å². The molecule has 2 aliphatic rings. The lowest BCUT2D eigenvalue weighted by atomic mass is 10.0. The standard InChI is InChI=1S/C16H25N3O3S/c1-17-11-12-19(23(20,21)18-9-5-6-10-18)13-15(17)14-7-3-4-8-16(14)22-2/h3-4,7-8,15H,5-6,9-13H2,1-2H3/t15-/m1/s1. The molecule has 0 spiro atoms. The summed E-state index contributed by atoms with van der Waals surface area (Å²) in [6, 6.07) is 7.87. The van der Waals surface area contributed by atoms with Gasteiger partial charge in [-0.05, 0) is 26.0 Å². The first-order valence-electron chi connectivity index (χ1n) is 8.12. The molecule has 0 bridgehead atoms. The number of rotatable bonds is 4. The number of methoxy groups -OCH3 is 1. The highest BCUT2D eigenvalue weighted by atomic mass is 32.2. The zero-order valence-electron chi connectivity index (χ0n) is 13.8. The zero-order valence-corrected chi connectivity index (χ0v) is 14.6. The molecular weight excluding hydrogens is 314 g/mol. The molecule has 2 heterocycles. The van der Waals surface area contributed by atoms with Crippen molar-refractivity contribution >= 4 is 10.2 Å². The van der Waals surface area contributed by atoms with Crippen molar-refractivity contribution in [2.24, 2.45) is 0 Å². The van der Waals surface area contributed by atoms with Crippen molar-refractivity contribution < 1.29 is 13.2 Å². The lowest BCUT2D eigenvalue weighted by Crippen LogP contribution is -2.52. The Kier molecular flexibility index (Phi) is 4.91. The molecule has 0 saturated carbocycles. The molecule has 3 rings (SSSR count). The molecule has 1 aromatic rings. The predicted molar refractivity (Wildman–Crippen MR) is 89.7 cm³/mol. The summed E-state index contributed by atoms with van der Waals surface area (Å²) in [5.74, 6) is 0.810. The molecule has 2 fully saturated rings. The van der Waals surface area contributed by atoms with Gasteiger partial charge in [-0.1, -0.05) is 18.2 Å². The Morgan fingerprint density at radius 3 is 2.43 bits per heavy atom. The first-order valence-corrected chi connectivity index (χ1v) is 9.52. The summed E-state index contributed by atoms with van der Waals surface area (Å²) in [5.41, 5.74) is 1.04. The van der Waals surface area contributed by atoms with Crippen LogP contribution in [0, 0.1) is 0 Å². The molecule has 2 saturated heterocycles. The van der Waals surface area contributed by atoms with Crippen molar-refractivity contribution in [1.82, 2.24) is 13.5 Å². The molecule has 7 heteroatoms. The van der Waals surface area contributed by atoms with Crippen LogP contribution >= 0.6 is 0 Å². The van der Waals surface area contributed by atoms with Crippen LogP contribution in [-0.4, -0.2) is 68.8 Å². The number of likely N-dealkylation sites (N-methyl/N-ethyl adjacent to an activating group) is 1. The van der Waals surface area contributed by atoms with Crippen LogP contribution in [0.25, 0.3) is 0 Å². The molecule has 0 aliphatic carbocycles. The van der Waals surface area contributed by atoms with Gasteiger partial charge in [-0.15, -0.1) is 0 Å². The van der Waals surface area contributed by atoms with E-state index >= 15 is 0 Å². The smallest absolute Gasteiger partial charge is 0.282 e. The van der Waals surface area contributed by atoms with Gasteiger partial charge in [-0.3, -0.25) is 4.90 Å². The minimum absolute atomic E-state index is 0.0114. The van der Waals surface area contributed by atoms with Crippen LogP contribution in [0.2, 0.25) is 0 Å². The van der Waals surface area contributed by atoms with E-state index in [4.69, 9.17) is 4.74 Å². The number of hydrogen-bond donors (Lipinski definition) is 0. The quantitative estimate of drug-likeness (QED) is 0.830. The van der Waals surface area contributed by atoms with E-state index in [-0.39, 0.29) is 6.04 Å². The van der Waals surface area contributed by atoms with Gasteiger partial charge in [0.05, 0.1) is 13.2 Å². The Morgan fingerprint density at radius 2 is 1.74 bits per heavy atom. The number of para-hydroxylation sites is 1. The lowest BCUT2D eigenvalue weighted by molar-refractivity contribution is 0.141. The molecule has 1 aromatic carbocycles. The number of benzene rings is 1. The van der Waals surface area contributed by atoms with Crippen molar-refractivity contribution in [3.8, 4) is 5.75 Å². The maximum absolute atomic E-state index is 12.8. The summed E-state index contributed by atoms with van der Waals surface area (Å²) >= 11 is 0. The number of piperazine rings is 1. The molecule has 6 nitrogen and oxygen atoms in total. The highest BCUT2D eigenvalue weighted by Gasteiger charge is 2.37. The van der Waals surface area contributed by atoms with Gasteiger partial charge in [0.2, 0.25) is 0 Å². The van der Waals surface area contributed by atoms with Crippen molar-refractivity contribution in [2.45, 2.75) is 18.9 Å². The van der Waals surface area contributed by atoms with E-state index in [9.17, 15) is 8.42 Å². The van der Waals surface area contributed by atoms with Gasteiger partial charge in [0.25, 0.3) is 10.2 Å². The Morgan fingerprint density at radius 1 is 1.04 bits per heavy atom. The number of hydrogen-bond acceptors (Lipinski definition) is 4. The van der Waals surface area contributed by atoms with Crippen LogP contribution in [0.4, 0.5) is 0 Å². The van der Waals surface area contributed by atoms with Crippen LogP contribution in [0.5, 0.6) is 5.75 Å². The van der Waals surface area contributed by atoms with Gasteiger partial charge >= 0.3 is 0 Å². The maximum atomic E-state index is 12.8. The molecule has 0 aromatic heterocycles. The largest absolute Gasteiger partial charge is 0.496 e. The van der Waals surface area contributed by atoms with Crippen LogP contribution in [-0.2, 0) is 10.2 Å². The molecule has 0 unspecified atom stereocenters. The summed E-state index contributed by atoms with van der Waals surface area (Å²) in [5, 5.41) is 0. The van der Waals surface area contributed by atoms with E-state index < -0.39 is 10.2 Å². The lowest BCUT2D eigenvalue weighted by Gasteiger charge is -2.40. The molecule has 128 valence electrons. The summed E-state index contributed by atoms with van der Waals surface area (Å²) in [7, 11) is 0.345. The first kappa shape index (κ1) is 16.7. The first-order chi connectivity index (χ1) is 11.0. The monoisotopic (exact) mass is 339 g/mol. The third kappa shape index (κ3) is 3.24. The van der Waals surface area contributed by atoms with Crippen molar-refractivity contribution in [3.63, 3.8) is 0 Å². The fourth-order valence-corrected chi connectivity index (χ4v) is 5.11. The van der Waals surface area contributed by atoms with Gasteiger partial charge in [0, 0.05) is 38.3 Å². The Hall–Kier alpha value is -1.15. The second kappa shape index (κ2) is 6.76. The van der Waals surface area contributed by atoms with Crippen LogP contribution < -0.4 is 4.74 Å². The van der Waals surface area contributed by atoms with Gasteiger partial charge < -0.3 is 4.74 Å². The van der Waals surface area contributed by atoms with Crippen molar-refractivity contribution in [3.05, 3.63) is 29.8 Å². The molecule has 2 aliphatic heterocycles. The Labute approximate surface area is 138 Å². The van der Waals surface area contributed by atoms with Crippen LogP contribution in [0.15, 0.2) is 24.3 Å². The molecule has 0 radical (unpaired) electrons. The van der Waals surface area contributed by atoms with Crippen LogP contribution in [0.1, 0.15) is 24.4 Å². The maximum Gasteiger partial charge on any atom is 0.282 e. The third-order valence-electron chi connectivity index (χ3n) is 4.83. The molecule has 0 N–H and O–H groups in total. The van der Waals surface area contributed by atoms with E-state index in [0.717, 1.165) is 30.7 Å². The summed E-state index contributed by atoms with van der Waals surface area (Å²) < 4.78 is 34.4. The number of ether oxygens (including phenoxy) is 1. The van der Waals surface area contributed by atoms with Crippen LogP contribution in [0.3, 0.4) is 0 Å². The fraction of sp³-hybridized carbons (Fsp3) is 0.625. The number of nitrogens with zero attached hydrogens (tertiary/aromatic N) is 3. The van der Waals surface area contributed by atoms with Gasteiger partial charge in [0.1, 0.15) is 5.75 Å². The average Bonchev–Trinajstić information content (AvgIpc) is 3.10. The van der Waals surface area contributed by atoms with E-state index in [0.29, 0.717) is 26.2 Å². The van der Waals surface area contributed by atoms with Gasteiger partial charge in [-0.25, -0.2) is 0 Å². The van der Waals surface area contributed by atoms with Crippen molar-refractivity contribution in [1.29, 1.82) is 0 Å². The Balaban J connectivity index is 1.84. The second-order valence-corrected chi connectivity index (χ2v) is 8.14. The van der Waals surface area contributed by atoms with E-state index in [2.05, 4.69) is 4.90 Å². The second-order valence-electron chi connectivity index (χ2n) is 6.21. The minimum atomic E-state index is -3.35. The average molecular weight is 339 g/mol. The van der Waals surface area contributed by atoms with E-state index in [1.165, 1.54) is 0 Å². The molecule has 0 amide bonds. The van der Waals surface area contributed by atoms with Gasteiger partial charge in [0.15, 0.2) is 0 Å². The van der Waals surface area contributed by atoms with Gasteiger partial charge in [-0.2, -0.15) is 17.0 Å². The fourth-order valence-electron chi connectivity index (χ4n) is 3.42. The van der Waals surface area contributed by atoms with E-state index in [1.807, 2.05) is 31.3 Å². The molecule has 23 heavy (non-hydrogen) atoms. The minimum Gasteiger partial charge on any atom is -0.496 e. The topological polar surface area (TPSA) is 53.1 Å². The highest BCUT2D eigenvalue weighted by Crippen LogP contribution is 2.32. The molecule has 1 atom stereocenters. The summed E-state index contributed by atoms with van der Waals surface area (Å²) in [6.45, 7) is 3.02.